The van der Waals surface area contributed by atoms with Crippen molar-refractivity contribution in [3.63, 3.8) is 0 Å². The van der Waals surface area contributed by atoms with Crippen LogP contribution in [0.4, 0.5) is 0 Å². The van der Waals surface area contributed by atoms with Gasteiger partial charge in [0.15, 0.2) is 0 Å². The summed E-state index contributed by atoms with van der Waals surface area (Å²) in [7, 11) is 1.64. The zero-order valence-corrected chi connectivity index (χ0v) is 11.5. The lowest BCUT2D eigenvalue weighted by Gasteiger charge is -2.31. The molecule has 0 aromatic heterocycles. The highest BCUT2D eigenvalue weighted by Crippen LogP contribution is 2.17. The number of likely N-dealkylation sites (tertiary alicyclic amines) is 1. The first-order valence-electron chi connectivity index (χ1n) is 6.83. The van der Waals surface area contributed by atoms with E-state index < -0.39 is 0 Å². The molecule has 19 heavy (non-hydrogen) atoms. The summed E-state index contributed by atoms with van der Waals surface area (Å²) in [6, 6.07) is 7.68. The van der Waals surface area contributed by atoms with Gasteiger partial charge in [-0.1, -0.05) is 12.1 Å². The monoisotopic (exact) mass is 262 g/mol. The lowest BCUT2D eigenvalue weighted by molar-refractivity contribution is -0.131. The Morgan fingerprint density at radius 3 is 2.47 bits per heavy atom. The number of piperidine rings is 1. The zero-order valence-electron chi connectivity index (χ0n) is 11.5. The minimum atomic E-state index is 0.209. The Hall–Kier alpha value is -1.55. The summed E-state index contributed by atoms with van der Waals surface area (Å²) in [5.74, 6) is 1.62. The van der Waals surface area contributed by atoms with E-state index in [0.29, 0.717) is 12.3 Å². The molecule has 2 N–H and O–H groups in total. The first-order valence-corrected chi connectivity index (χ1v) is 6.83. The lowest BCUT2D eigenvalue weighted by atomic mass is 9.96. The van der Waals surface area contributed by atoms with Crippen molar-refractivity contribution in [3.05, 3.63) is 29.8 Å². The van der Waals surface area contributed by atoms with Gasteiger partial charge in [0, 0.05) is 13.1 Å². The molecule has 0 radical (unpaired) electrons. The Kier molecular flexibility index (Phi) is 4.80. The lowest BCUT2D eigenvalue weighted by Crippen LogP contribution is -2.40. The fraction of sp³-hybridized carbons (Fsp3) is 0.533. The smallest absolute Gasteiger partial charge is 0.226 e. The Labute approximate surface area is 114 Å². The van der Waals surface area contributed by atoms with E-state index in [4.69, 9.17) is 10.5 Å². The molecule has 0 atom stereocenters. The maximum Gasteiger partial charge on any atom is 0.226 e. The van der Waals surface area contributed by atoms with Gasteiger partial charge in [0.05, 0.1) is 13.5 Å². The summed E-state index contributed by atoms with van der Waals surface area (Å²) < 4.78 is 5.11. The summed E-state index contributed by atoms with van der Waals surface area (Å²) in [4.78, 5) is 14.1. The van der Waals surface area contributed by atoms with Crippen LogP contribution in [0, 0.1) is 5.92 Å². The Bertz CT molecular complexity index is 409. The van der Waals surface area contributed by atoms with Crippen LogP contribution in [0.3, 0.4) is 0 Å². The molecule has 0 spiro atoms. The molecule has 1 amide bonds. The molecule has 104 valence electrons. The van der Waals surface area contributed by atoms with Gasteiger partial charge < -0.3 is 15.4 Å². The normalized spacial score (nSPS) is 16.4. The van der Waals surface area contributed by atoms with Gasteiger partial charge in [0.25, 0.3) is 0 Å². The minimum Gasteiger partial charge on any atom is -0.497 e. The Morgan fingerprint density at radius 1 is 1.32 bits per heavy atom. The van der Waals surface area contributed by atoms with E-state index in [0.717, 1.165) is 43.8 Å². The highest BCUT2D eigenvalue weighted by atomic mass is 16.5. The van der Waals surface area contributed by atoms with Crippen LogP contribution in [0.5, 0.6) is 5.75 Å². The number of hydrogen-bond donors (Lipinski definition) is 1. The number of ether oxygens (including phenoxy) is 1. The van der Waals surface area contributed by atoms with Crippen LogP contribution in [0.1, 0.15) is 18.4 Å². The van der Waals surface area contributed by atoms with E-state index >= 15 is 0 Å². The van der Waals surface area contributed by atoms with Crippen molar-refractivity contribution in [2.45, 2.75) is 19.3 Å². The van der Waals surface area contributed by atoms with E-state index in [9.17, 15) is 4.79 Å². The molecule has 0 saturated carbocycles. The molecule has 1 aromatic rings. The highest BCUT2D eigenvalue weighted by Gasteiger charge is 2.21. The first kappa shape index (κ1) is 13.9. The molecule has 1 saturated heterocycles. The van der Waals surface area contributed by atoms with Crippen LogP contribution in [0.15, 0.2) is 24.3 Å². The molecule has 1 aliphatic heterocycles. The van der Waals surface area contributed by atoms with Crippen LogP contribution < -0.4 is 10.5 Å². The molecule has 0 unspecified atom stereocenters. The Balaban J connectivity index is 1.86. The van der Waals surface area contributed by atoms with Crippen LogP contribution in [-0.2, 0) is 11.2 Å². The molecule has 0 aliphatic carbocycles. The van der Waals surface area contributed by atoms with E-state index in [2.05, 4.69) is 0 Å². The van der Waals surface area contributed by atoms with Crippen molar-refractivity contribution in [1.29, 1.82) is 0 Å². The van der Waals surface area contributed by atoms with Gasteiger partial charge in [-0.25, -0.2) is 0 Å². The second-order valence-electron chi connectivity index (χ2n) is 5.08. The molecule has 0 bridgehead atoms. The number of carbonyl (C=O) groups is 1. The molecule has 1 aliphatic rings. The van der Waals surface area contributed by atoms with Gasteiger partial charge in [-0.05, 0) is 43.0 Å². The number of nitrogens with zero attached hydrogens (tertiary/aromatic N) is 1. The van der Waals surface area contributed by atoms with Gasteiger partial charge in [-0.3, -0.25) is 4.79 Å². The van der Waals surface area contributed by atoms with Crippen molar-refractivity contribution in [2.75, 3.05) is 26.7 Å². The number of rotatable bonds is 4. The van der Waals surface area contributed by atoms with Crippen LogP contribution >= 0.6 is 0 Å². The van der Waals surface area contributed by atoms with Crippen LogP contribution in [-0.4, -0.2) is 37.6 Å². The number of benzene rings is 1. The van der Waals surface area contributed by atoms with Crippen molar-refractivity contribution < 1.29 is 9.53 Å². The van der Waals surface area contributed by atoms with E-state index in [-0.39, 0.29) is 5.91 Å². The van der Waals surface area contributed by atoms with E-state index in [1.165, 1.54) is 0 Å². The van der Waals surface area contributed by atoms with Crippen LogP contribution in [0.25, 0.3) is 0 Å². The van der Waals surface area contributed by atoms with Gasteiger partial charge in [0.1, 0.15) is 5.75 Å². The number of amides is 1. The molecule has 1 heterocycles. The number of nitrogens with two attached hydrogens (primary N) is 1. The summed E-state index contributed by atoms with van der Waals surface area (Å²) in [5.41, 5.74) is 6.69. The van der Waals surface area contributed by atoms with Gasteiger partial charge in [-0.15, -0.1) is 0 Å². The number of methoxy groups -OCH3 is 1. The number of hydrogen-bond acceptors (Lipinski definition) is 3. The largest absolute Gasteiger partial charge is 0.497 e. The second kappa shape index (κ2) is 6.57. The highest BCUT2D eigenvalue weighted by molar-refractivity contribution is 5.78. The third-order valence-electron chi connectivity index (χ3n) is 3.81. The van der Waals surface area contributed by atoms with Gasteiger partial charge in [-0.2, -0.15) is 0 Å². The standard InChI is InChI=1S/C15H22N2O2/c1-19-14-4-2-12(3-5-14)10-15(18)17-8-6-13(11-16)7-9-17/h2-5,13H,6-11,16H2,1H3. The molecule has 4 heteroatoms. The predicted octanol–water partition coefficient (Wildman–Crippen LogP) is 1.43. The van der Waals surface area contributed by atoms with Gasteiger partial charge in [0.2, 0.25) is 5.91 Å². The summed E-state index contributed by atoms with van der Waals surface area (Å²) in [6.45, 7) is 2.42. The Morgan fingerprint density at radius 2 is 1.95 bits per heavy atom. The number of carbonyl (C=O) groups excluding carboxylic acids is 1. The SMILES string of the molecule is COc1ccc(CC(=O)N2CCC(CN)CC2)cc1. The maximum absolute atomic E-state index is 12.2. The van der Waals surface area contributed by atoms with Crippen molar-refractivity contribution in [1.82, 2.24) is 4.90 Å². The minimum absolute atomic E-state index is 0.209. The van der Waals surface area contributed by atoms with E-state index in [1.807, 2.05) is 29.2 Å². The van der Waals surface area contributed by atoms with Crippen molar-refractivity contribution in [2.24, 2.45) is 11.7 Å². The van der Waals surface area contributed by atoms with Gasteiger partial charge >= 0.3 is 0 Å². The maximum atomic E-state index is 12.2. The topological polar surface area (TPSA) is 55.6 Å². The third kappa shape index (κ3) is 3.70. The van der Waals surface area contributed by atoms with Crippen molar-refractivity contribution in [3.8, 4) is 5.75 Å². The molecule has 2 rings (SSSR count). The molecular weight excluding hydrogens is 240 g/mol. The quantitative estimate of drug-likeness (QED) is 0.893. The van der Waals surface area contributed by atoms with Crippen LogP contribution in [0.2, 0.25) is 0 Å². The predicted molar refractivity (Wildman–Crippen MR) is 75.1 cm³/mol. The molecule has 1 fully saturated rings. The fourth-order valence-corrected chi connectivity index (χ4v) is 2.45. The second-order valence-corrected chi connectivity index (χ2v) is 5.08. The molecular formula is C15H22N2O2. The van der Waals surface area contributed by atoms with Crippen molar-refractivity contribution >= 4 is 5.91 Å². The summed E-state index contributed by atoms with van der Waals surface area (Å²) in [5, 5.41) is 0. The molecule has 4 nitrogen and oxygen atoms in total. The average molecular weight is 262 g/mol. The van der Waals surface area contributed by atoms with E-state index in [1.54, 1.807) is 7.11 Å². The third-order valence-corrected chi connectivity index (χ3v) is 3.81. The average Bonchev–Trinajstić information content (AvgIpc) is 2.48. The molecule has 1 aromatic carbocycles. The summed E-state index contributed by atoms with van der Waals surface area (Å²) >= 11 is 0. The first-order chi connectivity index (χ1) is 9.22. The zero-order chi connectivity index (χ0) is 13.7. The summed E-state index contributed by atoms with van der Waals surface area (Å²) in [6.07, 6.45) is 2.53. The fourth-order valence-electron chi connectivity index (χ4n) is 2.45.